The summed E-state index contributed by atoms with van der Waals surface area (Å²) in [6.07, 6.45) is 1.40. The van der Waals surface area contributed by atoms with Crippen molar-refractivity contribution in [2.24, 2.45) is 0 Å². The van der Waals surface area contributed by atoms with Crippen LogP contribution < -0.4 is 0 Å². The van der Waals surface area contributed by atoms with Crippen LogP contribution in [-0.4, -0.2) is 48.5 Å². The second kappa shape index (κ2) is 10.9. The normalized spacial score (nSPS) is 11.7. The summed E-state index contributed by atoms with van der Waals surface area (Å²) < 4.78 is 60.4. The minimum absolute atomic E-state index is 0.0214. The number of carbonyl (C=O) groups excluding carboxylic acids is 1. The van der Waals surface area contributed by atoms with E-state index >= 15 is 0 Å². The van der Waals surface area contributed by atoms with Crippen LogP contribution in [0.5, 0.6) is 0 Å². The van der Waals surface area contributed by atoms with E-state index in [9.17, 15) is 22.0 Å². The fraction of sp³-hybridized carbons (Fsp3) is 0.333. The fourth-order valence-corrected chi connectivity index (χ4v) is 5.02. The molecular formula is C24H27F2N3O4S. The summed E-state index contributed by atoms with van der Waals surface area (Å²) in [5.41, 5.74) is 0.819. The lowest BCUT2D eigenvalue weighted by Crippen LogP contribution is -2.37. The fourth-order valence-electron chi connectivity index (χ4n) is 3.51. The van der Waals surface area contributed by atoms with E-state index in [0.29, 0.717) is 11.3 Å². The van der Waals surface area contributed by atoms with Crippen molar-refractivity contribution in [3.05, 3.63) is 83.2 Å². The Hall–Kier alpha value is -3.11. The zero-order chi connectivity index (χ0) is 24.9. The zero-order valence-corrected chi connectivity index (χ0v) is 20.1. The van der Waals surface area contributed by atoms with Crippen LogP contribution in [0.4, 0.5) is 8.78 Å². The average Bonchev–Trinajstić information content (AvgIpc) is 3.20. The summed E-state index contributed by atoms with van der Waals surface area (Å²) >= 11 is 0. The van der Waals surface area contributed by atoms with Crippen molar-refractivity contribution in [1.82, 2.24) is 14.5 Å². The predicted molar refractivity (Wildman–Crippen MR) is 123 cm³/mol. The Kier molecular flexibility index (Phi) is 8.16. The van der Waals surface area contributed by atoms with Crippen molar-refractivity contribution >= 4 is 15.7 Å². The molecule has 0 fully saturated rings. The molecule has 0 aliphatic rings. The number of imidazole rings is 1. The van der Waals surface area contributed by atoms with Gasteiger partial charge in [0.1, 0.15) is 11.6 Å². The van der Waals surface area contributed by atoms with E-state index in [1.165, 1.54) is 65.2 Å². The van der Waals surface area contributed by atoms with Gasteiger partial charge in [0.2, 0.25) is 15.0 Å². The van der Waals surface area contributed by atoms with Crippen LogP contribution in [0.3, 0.4) is 0 Å². The highest BCUT2D eigenvalue weighted by molar-refractivity contribution is 7.90. The maximum atomic E-state index is 14.3. The molecule has 1 aromatic heterocycles. The molecule has 1 amide bonds. The Bertz CT molecular complexity index is 1240. The van der Waals surface area contributed by atoms with Crippen LogP contribution in [0.1, 0.15) is 35.5 Å². The lowest BCUT2D eigenvalue weighted by atomic mass is 10.1. The van der Waals surface area contributed by atoms with Gasteiger partial charge in [0, 0.05) is 19.7 Å². The molecule has 0 N–H and O–H groups in total. The minimum atomic E-state index is -3.89. The molecule has 0 aliphatic heterocycles. The summed E-state index contributed by atoms with van der Waals surface area (Å²) in [5.74, 6) is -1.96. The Labute approximate surface area is 197 Å². The molecule has 0 unspecified atom stereocenters. The van der Waals surface area contributed by atoms with Crippen LogP contribution >= 0.6 is 0 Å². The highest BCUT2D eigenvalue weighted by Gasteiger charge is 2.27. The molecule has 0 radical (unpaired) electrons. The summed E-state index contributed by atoms with van der Waals surface area (Å²) in [6.45, 7) is 4.00. The van der Waals surface area contributed by atoms with E-state index in [2.05, 4.69) is 4.98 Å². The molecule has 10 heteroatoms. The van der Waals surface area contributed by atoms with E-state index in [1.54, 1.807) is 19.9 Å². The van der Waals surface area contributed by atoms with Crippen molar-refractivity contribution in [1.29, 1.82) is 0 Å². The molecule has 0 atom stereocenters. The summed E-state index contributed by atoms with van der Waals surface area (Å²) in [5, 5.41) is -0.175. The highest BCUT2D eigenvalue weighted by Crippen LogP contribution is 2.21. The number of benzene rings is 2. The second-order valence-electron chi connectivity index (χ2n) is 8.07. The summed E-state index contributed by atoms with van der Waals surface area (Å²) in [4.78, 5) is 18.7. The first-order chi connectivity index (χ1) is 16.1. The van der Waals surface area contributed by atoms with Crippen LogP contribution in [0.15, 0.2) is 59.9 Å². The van der Waals surface area contributed by atoms with Gasteiger partial charge < -0.3 is 14.2 Å². The van der Waals surface area contributed by atoms with E-state index in [4.69, 9.17) is 4.74 Å². The summed E-state index contributed by atoms with van der Waals surface area (Å²) in [6, 6.07) is 10.6. The standard InChI is InChI=1S/C24H27F2N3O4S/c1-17(2)29(23(30)21-6-4-5-7-22(21)26)15-20-14-27-24(28(20)12-13-33-3)34(31,32)16-18-8-10-19(25)11-9-18/h4-11,14,17H,12-13,15-16H2,1-3H3. The van der Waals surface area contributed by atoms with Crippen LogP contribution in [0, 0.1) is 11.6 Å². The zero-order valence-electron chi connectivity index (χ0n) is 19.2. The number of hydrogen-bond acceptors (Lipinski definition) is 5. The number of methoxy groups -OCH3 is 1. The van der Waals surface area contributed by atoms with Gasteiger partial charge in [-0.25, -0.2) is 22.2 Å². The third-order valence-corrected chi connectivity index (χ3v) is 6.89. The number of aromatic nitrogens is 2. The maximum Gasteiger partial charge on any atom is 0.257 e. The summed E-state index contributed by atoms with van der Waals surface area (Å²) in [7, 11) is -2.40. The van der Waals surface area contributed by atoms with Gasteiger partial charge in [0.05, 0.1) is 36.4 Å². The van der Waals surface area contributed by atoms with Gasteiger partial charge in [0.15, 0.2) is 0 Å². The number of amides is 1. The molecule has 0 bridgehead atoms. The first-order valence-electron chi connectivity index (χ1n) is 10.7. The van der Waals surface area contributed by atoms with Crippen LogP contribution in [0.2, 0.25) is 0 Å². The van der Waals surface area contributed by atoms with Crippen molar-refractivity contribution in [2.45, 2.75) is 43.9 Å². The highest BCUT2D eigenvalue weighted by atomic mass is 32.2. The second-order valence-corrected chi connectivity index (χ2v) is 9.95. The minimum Gasteiger partial charge on any atom is -0.383 e. The smallest absolute Gasteiger partial charge is 0.257 e. The quantitative estimate of drug-likeness (QED) is 0.431. The van der Waals surface area contributed by atoms with Gasteiger partial charge >= 0.3 is 0 Å². The van der Waals surface area contributed by atoms with Gasteiger partial charge in [-0.3, -0.25) is 4.79 Å². The molecule has 0 spiro atoms. The SMILES string of the molecule is COCCn1c(CN(C(=O)c2ccccc2F)C(C)C)cnc1S(=O)(=O)Cc1ccc(F)cc1. The average molecular weight is 492 g/mol. The third-order valence-electron chi connectivity index (χ3n) is 5.29. The van der Waals surface area contributed by atoms with Crippen molar-refractivity contribution in [3.63, 3.8) is 0 Å². The molecule has 3 aromatic rings. The molecule has 0 aliphatic carbocycles. The number of halogens is 2. The molecule has 2 aromatic carbocycles. The number of rotatable bonds is 10. The van der Waals surface area contributed by atoms with Crippen LogP contribution in [-0.2, 0) is 33.4 Å². The van der Waals surface area contributed by atoms with E-state index in [-0.39, 0.29) is 42.2 Å². The molecule has 182 valence electrons. The lowest BCUT2D eigenvalue weighted by molar-refractivity contribution is 0.0679. The van der Waals surface area contributed by atoms with Crippen LogP contribution in [0.25, 0.3) is 0 Å². The molecule has 3 rings (SSSR count). The molecular weight excluding hydrogens is 464 g/mol. The van der Waals surface area contributed by atoms with Crippen molar-refractivity contribution < 1.29 is 26.7 Å². The Morgan fingerprint density at radius 3 is 2.41 bits per heavy atom. The monoisotopic (exact) mass is 491 g/mol. The topological polar surface area (TPSA) is 81.5 Å². The molecule has 0 saturated carbocycles. The van der Waals surface area contributed by atoms with Gasteiger partial charge in [-0.15, -0.1) is 0 Å². The lowest BCUT2D eigenvalue weighted by Gasteiger charge is -2.27. The van der Waals surface area contributed by atoms with Gasteiger partial charge in [-0.2, -0.15) is 0 Å². The number of hydrogen-bond donors (Lipinski definition) is 0. The first kappa shape index (κ1) is 25.5. The molecule has 1 heterocycles. The predicted octanol–water partition coefficient (Wildman–Crippen LogP) is 3.83. The number of carbonyl (C=O) groups is 1. The molecule has 0 saturated heterocycles. The van der Waals surface area contributed by atoms with Gasteiger partial charge in [-0.05, 0) is 43.7 Å². The van der Waals surface area contributed by atoms with Gasteiger partial charge in [0.25, 0.3) is 5.91 Å². The largest absolute Gasteiger partial charge is 0.383 e. The third kappa shape index (κ3) is 5.87. The van der Waals surface area contributed by atoms with Crippen molar-refractivity contribution in [2.75, 3.05) is 13.7 Å². The Balaban J connectivity index is 1.95. The maximum absolute atomic E-state index is 14.3. The van der Waals surface area contributed by atoms with E-state index < -0.39 is 27.4 Å². The van der Waals surface area contributed by atoms with E-state index in [1.807, 2.05) is 0 Å². The molecule has 34 heavy (non-hydrogen) atoms. The number of sulfone groups is 1. The first-order valence-corrected chi connectivity index (χ1v) is 12.3. The molecule has 7 nitrogen and oxygen atoms in total. The Morgan fingerprint density at radius 2 is 1.79 bits per heavy atom. The van der Waals surface area contributed by atoms with Gasteiger partial charge in [-0.1, -0.05) is 24.3 Å². The Morgan fingerprint density at radius 1 is 1.12 bits per heavy atom. The van der Waals surface area contributed by atoms with E-state index in [0.717, 1.165) is 0 Å². The number of nitrogens with zero attached hydrogens (tertiary/aromatic N) is 3. The number of ether oxygens (including phenoxy) is 1. The van der Waals surface area contributed by atoms with Crippen molar-refractivity contribution in [3.8, 4) is 0 Å².